The summed E-state index contributed by atoms with van der Waals surface area (Å²) in [7, 11) is 1.35. The molecule has 178 valence electrons. The summed E-state index contributed by atoms with van der Waals surface area (Å²) in [4.78, 5) is 30.0. The number of benzene rings is 1. The summed E-state index contributed by atoms with van der Waals surface area (Å²) in [5.41, 5.74) is 4.13. The number of carbonyl (C=O) groups excluding carboxylic acids is 2. The number of nitrogens with zero attached hydrogens (tertiary/aromatic N) is 3. The number of ketones is 1. The Balaban J connectivity index is 0.00000204. The first-order valence-corrected chi connectivity index (χ1v) is 10.4. The molecule has 1 unspecified atom stereocenters. The topological polar surface area (TPSA) is 73.1 Å². The molecule has 4 rings (SSSR count). The quantitative estimate of drug-likeness (QED) is 0.303. The summed E-state index contributed by atoms with van der Waals surface area (Å²) in [6.07, 6.45) is 1.62. The third-order valence-corrected chi connectivity index (χ3v) is 5.72. The second-order valence-corrected chi connectivity index (χ2v) is 8.03. The number of aryl methyl sites for hydroxylation is 2. The number of imidazole rings is 1. The summed E-state index contributed by atoms with van der Waals surface area (Å²) in [6.45, 7) is 8.30. The van der Waals surface area contributed by atoms with Crippen molar-refractivity contribution in [2.45, 2.75) is 26.4 Å². The number of aromatic nitrogens is 2. The van der Waals surface area contributed by atoms with Crippen molar-refractivity contribution >= 4 is 17.5 Å². The number of Topliss-reactive ketones (excluding diaryl/α,β-unsaturated/α-hetero) is 1. The third-order valence-electron chi connectivity index (χ3n) is 5.72. The number of rotatable bonds is 4. The summed E-state index contributed by atoms with van der Waals surface area (Å²) in [5, 5.41) is 0. The molecule has 1 amide bonds. The average molecular weight is 692 g/mol. The number of pyridine rings is 1. The number of hydrogen-bond donors (Lipinski definition) is 0. The van der Waals surface area contributed by atoms with Crippen LogP contribution in [0.25, 0.3) is 16.9 Å². The molecule has 1 fully saturated rings. The molecule has 3 heterocycles. The molecule has 1 saturated heterocycles. The van der Waals surface area contributed by atoms with Crippen LogP contribution in [0, 0.1) is 65.1 Å². The molecule has 2 aromatic heterocycles. The average Bonchev–Trinajstić information content (AvgIpc) is 3.09. The van der Waals surface area contributed by atoms with Gasteiger partial charge in [-0.1, -0.05) is 11.6 Å². The molecule has 1 aromatic carbocycles. The van der Waals surface area contributed by atoms with Crippen molar-refractivity contribution in [2.75, 3.05) is 26.8 Å². The Bertz CT molecular complexity index is 1190. The van der Waals surface area contributed by atoms with Crippen LogP contribution in [0.15, 0.2) is 30.5 Å². The van der Waals surface area contributed by atoms with Crippen LogP contribution in [0.2, 0.25) is 0 Å². The zero-order chi connectivity index (χ0) is 23.0. The van der Waals surface area contributed by atoms with Crippen LogP contribution in [0.3, 0.4) is 0 Å². The third kappa shape index (κ3) is 5.48. The molecule has 1 aliphatic heterocycles. The number of halogens is 1. The minimum atomic E-state index is -0.529. The van der Waals surface area contributed by atoms with E-state index in [1.54, 1.807) is 17.9 Å². The minimum Gasteiger partial charge on any atom is -0.453 e. The Hall–Kier alpha value is -2.34. The molecule has 0 N–H and O–H groups in total. The molecule has 0 radical (unpaired) electrons. The summed E-state index contributed by atoms with van der Waals surface area (Å²) < 4.78 is 27.9. The van der Waals surface area contributed by atoms with Crippen molar-refractivity contribution in [1.82, 2.24) is 14.3 Å². The van der Waals surface area contributed by atoms with E-state index >= 15 is 4.39 Å². The van der Waals surface area contributed by atoms with Gasteiger partial charge in [0.05, 0.1) is 37.8 Å². The van der Waals surface area contributed by atoms with E-state index < -0.39 is 17.7 Å². The van der Waals surface area contributed by atoms with E-state index in [4.69, 9.17) is 14.5 Å². The molecule has 0 bridgehead atoms. The molecule has 0 spiro atoms. The van der Waals surface area contributed by atoms with Crippen molar-refractivity contribution in [3.8, 4) is 11.3 Å². The Morgan fingerprint density at radius 1 is 1.29 bits per heavy atom. The maximum absolute atomic E-state index is 15.2. The van der Waals surface area contributed by atoms with Gasteiger partial charge in [-0.3, -0.25) is 0 Å². The Kier molecular flexibility index (Phi) is 9.35. The minimum absolute atomic E-state index is 0. The molecule has 7 nitrogen and oxygen atoms in total. The van der Waals surface area contributed by atoms with Gasteiger partial charge >= 0.3 is 37.2 Å². The normalized spacial score (nSPS) is 15.4. The number of morpholine rings is 1. The van der Waals surface area contributed by atoms with Crippen LogP contribution in [0.5, 0.6) is 0 Å². The van der Waals surface area contributed by atoms with Gasteiger partial charge in [-0.05, 0) is 31.5 Å². The predicted molar refractivity (Wildman–Crippen MR) is 124 cm³/mol. The maximum Gasteiger partial charge on any atom is 2.00 e. The first-order chi connectivity index (χ1) is 15.3. The molecule has 0 aliphatic carbocycles. The van der Waals surface area contributed by atoms with Crippen molar-refractivity contribution in [3.63, 3.8) is 0 Å². The van der Waals surface area contributed by atoms with E-state index in [0.717, 1.165) is 11.3 Å². The zero-order valence-corrected chi connectivity index (χ0v) is 24.0. The van der Waals surface area contributed by atoms with Crippen molar-refractivity contribution in [1.29, 1.82) is 0 Å². The van der Waals surface area contributed by atoms with Gasteiger partial charge in [0.25, 0.3) is 0 Å². The molecule has 0 saturated carbocycles. The van der Waals surface area contributed by atoms with Crippen LogP contribution in [-0.4, -0.2) is 59.1 Å². The Labute approximate surface area is 223 Å². The summed E-state index contributed by atoms with van der Waals surface area (Å²) in [6, 6.07) is 6.71. The van der Waals surface area contributed by atoms with E-state index in [1.165, 1.54) is 13.2 Å². The maximum atomic E-state index is 15.2. The van der Waals surface area contributed by atoms with Gasteiger partial charge in [-0.2, -0.15) is 6.92 Å². The molecule has 34 heavy (non-hydrogen) atoms. The number of ether oxygens (including phenoxy) is 2. The number of fused-ring (bicyclic) bond motifs is 1. The van der Waals surface area contributed by atoms with Gasteiger partial charge in [0.15, 0.2) is 0 Å². The predicted octanol–water partition coefficient (Wildman–Crippen LogP) is 4.23. The summed E-state index contributed by atoms with van der Waals surface area (Å²) >= 11 is 0. The van der Waals surface area contributed by atoms with E-state index in [-0.39, 0.29) is 50.2 Å². The van der Waals surface area contributed by atoms with E-state index in [0.29, 0.717) is 48.6 Å². The zero-order valence-electron chi connectivity index (χ0n) is 19.9. The van der Waals surface area contributed by atoms with Crippen LogP contribution in [0.1, 0.15) is 27.2 Å². The van der Waals surface area contributed by atoms with Gasteiger partial charge in [0.1, 0.15) is 11.5 Å². The Morgan fingerprint density at radius 2 is 2.03 bits per heavy atom. The van der Waals surface area contributed by atoms with E-state index in [2.05, 4.69) is 6.92 Å². The van der Waals surface area contributed by atoms with Crippen LogP contribution in [0.4, 0.5) is 9.18 Å². The van der Waals surface area contributed by atoms with Gasteiger partial charge in [-0.25, -0.2) is 14.2 Å². The SMILES string of the molecule is [CH2-]C(=O)c1cc(C)c(-c2nc3cc(C)ccn3c2CC2CN(C(=O)OC)CCO2)c(F)c1.[CH3-].[U+2]. The smallest absolute Gasteiger partial charge is 0.453 e. The number of methoxy groups -OCH3 is 1. The van der Waals surface area contributed by atoms with Gasteiger partial charge < -0.3 is 31.0 Å². The van der Waals surface area contributed by atoms with Gasteiger partial charge in [-0.15, -0.1) is 11.6 Å². The first kappa shape index (κ1) is 27.9. The van der Waals surface area contributed by atoms with Crippen molar-refractivity contribution in [3.05, 3.63) is 73.0 Å². The number of carbonyl (C=O) groups is 2. The first-order valence-electron chi connectivity index (χ1n) is 10.4. The standard InChI is InChI=1S/C24H25FN3O4.CH3.U/c1-14-5-6-28-20(12-18-13-27(7-8-32-18)24(30)31-4)23(26-21(28)9-14)22-15(2)10-17(16(3)29)11-19(22)25;;/h5-6,9-11,18H,3,7-8,12-13H2,1-2,4H3;1H3;/q2*-1;+2. The van der Waals surface area contributed by atoms with Gasteiger partial charge in [0.2, 0.25) is 0 Å². The monoisotopic (exact) mass is 691 g/mol. The number of amides is 1. The molecule has 1 aliphatic rings. The van der Waals surface area contributed by atoms with Crippen molar-refractivity contribution in [2.24, 2.45) is 0 Å². The fourth-order valence-corrected chi connectivity index (χ4v) is 4.15. The molecular weight excluding hydrogens is 663 g/mol. The molecule has 1 atom stereocenters. The number of hydrogen-bond acceptors (Lipinski definition) is 5. The molecule has 3 aromatic rings. The van der Waals surface area contributed by atoms with Crippen LogP contribution < -0.4 is 0 Å². The largest absolute Gasteiger partial charge is 2.00 e. The fourth-order valence-electron chi connectivity index (χ4n) is 4.15. The second kappa shape index (κ2) is 11.4. The van der Waals surface area contributed by atoms with E-state index in [9.17, 15) is 9.59 Å². The van der Waals surface area contributed by atoms with Crippen molar-refractivity contribution < 1.29 is 54.6 Å². The Morgan fingerprint density at radius 3 is 2.68 bits per heavy atom. The fraction of sp³-hybridized carbons (Fsp3) is 0.320. The summed E-state index contributed by atoms with van der Waals surface area (Å²) in [5.74, 6) is -0.970. The second-order valence-electron chi connectivity index (χ2n) is 8.03. The van der Waals surface area contributed by atoms with Crippen LogP contribution >= 0.6 is 0 Å². The van der Waals surface area contributed by atoms with E-state index in [1.807, 2.05) is 29.7 Å². The molecular formula is C25H28FN3O4U. The van der Waals surface area contributed by atoms with Crippen LogP contribution in [-0.2, 0) is 15.9 Å². The molecule has 9 heteroatoms. The van der Waals surface area contributed by atoms with Gasteiger partial charge in [0, 0.05) is 30.5 Å².